The van der Waals surface area contributed by atoms with E-state index in [4.69, 9.17) is 21.1 Å². The third-order valence-corrected chi connectivity index (χ3v) is 5.71. The summed E-state index contributed by atoms with van der Waals surface area (Å²) in [5, 5.41) is 3.71. The third kappa shape index (κ3) is 5.31. The van der Waals surface area contributed by atoms with Crippen LogP contribution in [-0.2, 0) is 14.3 Å². The fourth-order valence-corrected chi connectivity index (χ4v) is 3.66. The minimum absolute atomic E-state index is 0.214. The first-order chi connectivity index (χ1) is 15.5. The lowest BCUT2D eigenvalue weighted by atomic mass is 10.0. The SMILES string of the molecule is CCCCOCCCN1C(=O)C(Nc2ccc(C)c(Cl)c2)=C(c2ccccc2OC)C1=O. The van der Waals surface area contributed by atoms with Crippen LogP contribution in [0.2, 0.25) is 5.02 Å². The highest BCUT2D eigenvalue weighted by Crippen LogP contribution is 2.35. The smallest absolute Gasteiger partial charge is 0.278 e. The summed E-state index contributed by atoms with van der Waals surface area (Å²) in [6.07, 6.45) is 2.63. The Hall–Kier alpha value is -2.83. The van der Waals surface area contributed by atoms with Crippen LogP contribution in [0.4, 0.5) is 5.69 Å². The van der Waals surface area contributed by atoms with Gasteiger partial charge in [0.05, 0.1) is 12.7 Å². The monoisotopic (exact) mass is 456 g/mol. The largest absolute Gasteiger partial charge is 0.496 e. The molecule has 1 aliphatic heterocycles. The maximum atomic E-state index is 13.4. The summed E-state index contributed by atoms with van der Waals surface area (Å²) in [4.78, 5) is 27.9. The molecule has 7 heteroatoms. The van der Waals surface area contributed by atoms with Gasteiger partial charge < -0.3 is 14.8 Å². The number of unbranched alkanes of at least 4 members (excludes halogenated alkanes) is 1. The van der Waals surface area contributed by atoms with Crippen LogP contribution in [0.25, 0.3) is 5.57 Å². The average Bonchev–Trinajstić information content (AvgIpc) is 3.02. The van der Waals surface area contributed by atoms with E-state index in [0.29, 0.717) is 41.7 Å². The van der Waals surface area contributed by atoms with Crippen molar-refractivity contribution in [2.24, 2.45) is 0 Å². The van der Waals surface area contributed by atoms with E-state index in [1.807, 2.05) is 31.2 Å². The Bertz CT molecular complexity index is 1020. The van der Waals surface area contributed by atoms with Crippen LogP contribution in [0.5, 0.6) is 5.75 Å². The summed E-state index contributed by atoms with van der Waals surface area (Å²) in [5.74, 6) is -0.204. The van der Waals surface area contributed by atoms with Crippen molar-refractivity contribution in [3.05, 3.63) is 64.3 Å². The van der Waals surface area contributed by atoms with Crippen LogP contribution in [0.3, 0.4) is 0 Å². The second-order valence-electron chi connectivity index (χ2n) is 7.62. The van der Waals surface area contributed by atoms with Crippen molar-refractivity contribution in [2.45, 2.75) is 33.1 Å². The minimum atomic E-state index is -0.374. The topological polar surface area (TPSA) is 67.9 Å². The van der Waals surface area contributed by atoms with Crippen molar-refractivity contribution in [1.82, 2.24) is 4.90 Å². The number of nitrogens with zero attached hydrogens (tertiary/aromatic N) is 1. The zero-order chi connectivity index (χ0) is 23.1. The van der Waals surface area contributed by atoms with E-state index >= 15 is 0 Å². The van der Waals surface area contributed by atoms with Gasteiger partial charge in [-0.05, 0) is 43.5 Å². The number of aryl methyl sites for hydroxylation is 1. The molecular weight excluding hydrogens is 428 g/mol. The number of anilines is 1. The molecule has 0 radical (unpaired) electrons. The molecular formula is C25H29ClN2O4. The van der Waals surface area contributed by atoms with Crippen LogP contribution in [-0.4, -0.2) is 43.6 Å². The van der Waals surface area contributed by atoms with Gasteiger partial charge in [-0.15, -0.1) is 0 Å². The van der Waals surface area contributed by atoms with E-state index in [0.717, 1.165) is 18.4 Å². The summed E-state index contributed by atoms with van der Waals surface area (Å²) < 4.78 is 11.0. The van der Waals surface area contributed by atoms with E-state index < -0.39 is 0 Å². The predicted molar refractivity (Wildman–Crippen MR) is 127 cm³/mol. The molecule has 0 unspecified atom stereocenters. The average molecular weight is 457 g/mol. The number of ether oxygens (including phenoxy) is 2. The van der Waals surface area contributed by atoms with Gasteiger partial charge in [0.25, 0.3) is 11.8 Å². The Balaban J connectivity index is 1.89. The van der Waals surface area contributed by atoms with Gasteiger partial charge in [0.2, 0.25) is 0 Å². The molecule has 2 aromatic rings. The molecule has 0 saturated heterocycles. The summed E-state index contributed by atoms with van der Waals surface area (Å²) in [6.45, 7) is 5.47. The Morgan fingerprint density at radius 1 is 1.03 bits per heavy atom. The van der Waals surface area contributed by atoms with E-state index in [1.165, 1.54) is 4.90 Å². The number of halogens is 1. The molecule has 170 valence electrons. The molecule has 0 atom stereocenters. The van der Waals surface area contributed by atoms with Crippen LogP contribution in [0, 0.1) is 6.92 Å². The Morgan fingerprint density at radius 3 is 2.50 bits per heavy atom. The number of carbonyl (C=O) groups is 2. The molecule has 2 amide bonds. The highest BCUT2D eigenvalue weighted by molar-refractivity contribution is 6.37. The molecule has 0 spiro atoms. The van der Waals surface area contributed by atoms with Crippen molar-refractivity contribution in [3.8, 4) is 5.75 Å². The molecule has 0 aromatic heterocycles. The van der Waals surface area contributed by atoms with Crippen molar-refractivity contribution < 1.29 is 19.1 Å². The molecule has 2 aromatic carbocycles. The highest BCUT2D eigenvalue weighted by Gasteiger charge is 2.39. The number of benzene rings is 2. The molecule has 0 saturated carbocycles. The van der Waals surface area contributed by atoms with E-state index in [-0.39, 0.29) is 29.6 Å². The van der Waals surface area contributed by atoms with Gasteiger partial charge in [0.1, 0.15) is 11.4 Å². The van der Waals surface area contributed by atoms with E-state index in [1.54, 1.807) is 25.3 Å². The molecule has 0 bridgehead atoms. The Kier molecular flexibility index (Phi) is 8.31. The van der Waals surface area contributed by atoms with Gasteiger partial charge in [-0.1, -0.05) is 49.2 Å². The third-order valence-electron chi connectivity index (χ3n) is 5.30. The normalized spacial score (nSPS) is 13.8. The predicted octanol–water partition coefficient (Wildman–Crippen LogP) is 5.06. The zero-order valence-electron chi connectivity index (χ0n) is 18.7. The molecule has 0 fully saturated rings. The van der Waals surface area contributed by atoms with Crippen LogP contribution < -0.4 is 10.1 Å². The lowest BCUT2D eigenvalue weighted by molar-refractivity contribution is -0.137. The van der Waals surface area contributed by atoms with Crippen LogP contribution in [0.1, 0.15) is 37.3 Å². The van der Waals surface area contributed by atoms with Crippen molar-refractivity contribution in [1.29, 1.82) is 0 Å². The van der Waals surface area contributed by atoms with Gasteiger partial charge in [0, 0.05) is 36.0 Å². The molecule has 0 aliphatic carbocycles. The number of imide groups is 1. The first-order valence-electron chi connectivity index (χ1n) is 10.8. The van der Waals surface area contributed by atoms with E-state index in [9.17, 15) is 9.59 Å². The number of carbonyl (C=O) groups excluding carboxylic acids is 2. The summed E-state index contributed by atoms with van der Waals surface area (Å²) in [7, 11) is 1.54. The molecule has 1 N–H and O–H groups in total. The van der Waals surface area contributed by atoms with Crippen LogP contribution in [0.15, 0.2) is 48.2 Å². The number of methoxy groups -OCH3 is 1. The fraction of sp³-hybridized carbons (Fsp3) is 0.360. The fourth-order valence-electron chi connectivity index (χ4n) is 3.48. The number of hydrogen-bond donors (Lipinski definition) is 1. The number of nitrogens with one attached hydrogen (secondary N) is 1. The van der Waals surface area contributed by atoms with Crippen molar-refractivity contribution >= 4 is 34.7 Å². The van der Waals surface area contributed by atoms with Crippen LogP contribution >= 0.6 is 11.6 Å². The lowest BCUT2D eigenvalue weighted by Crippen LogP contribution is -2.34. The molecule has 1 heterocycles. The molecule has 6 nitrogen and oxygen atoms in total. The zero-order valence-corrected chi connectivity index (χ0v) is 19.5. The number of rotatable bonds is 11. The first kappa shape index (κ1) is 23.8. The number of hydrogen-bond acceptors (Lipinski definition) is 5. The molecule has 3 rings (SSSR count). The summed E-state index contributed by atoms with van der Waals surface area (Å²) >= 11 is 6.26. The lowest BCUT2D eigenvalue weighted by Gasteiger charge is -2.15. The maximum Gasteiger partial charge on any atom is 0.278 e. The summed E-state index contributed by atoms with van der Waals surface area (Å²) in [5.41, 5.74) is 2.63. The highest BCUT2D eigenvalue weighted by atomic mass is 35.5. The molecule has 32 heavy (non-hydrogen) atoms. The van der Waals surface area contributed by atoms with Gasteiger partial charge in [-0.25, -0.2) is 0 Å². The Labute approximate surface area is 194 Å². The van der Waals surface area contributed by atoms with Gasteiger partial charge in [0.15, 0.2) is 0 Å². The molecule has 1 aliphatic rings. The standard InChI is InChI=1S/C25H29ClN2O4/c1-4-5-14-32-15-8-13-28-24(29)22(19-9-6-7-10-21(19)31-3)23(25(28)30)27-18-12-11-17(2)20(26)16-18/h6-7,9-12,16,27H,4-5,8,13-15H2,1-3H3. The second-order valence-corrected chi connectivity index (χ2v) is 8.03. The maximum absolute atomic E-state index is 13.4. The van der Waals surface area contributed by atoms with Gasteiger partial charge in [-0.2, -0.15) is 0 Å². The number of amides is 2. The minimum Gasteiger partial charge on any atom is -0.496 e. The number of para-hydroxylation sites is 1. The first-order valence-corrected chi connectivity index (χ1v) is 11.2. The second kappa shape index (κ2) is 11.2. The summed E-state index contributed by atoms with van der Waals surface area (Å²) in [6, 6.07) is 12.6. The van der Waals surface area contributed by atoms with E-state index in [2.05, 4.69) is 12.2 Å². The van der Waals surface area contributed by atoms with Gasteiger partial charge >= 0.3 is 0 Å². The van der Waals surface area contributed by atoms with Crippen molar-refractivity contribution in [3.63, 3.8) is 0 Å². The Morgan fingerprint density at radius 2 is 1.78 bits per heavy atom. The van der Waals surface area contributed by atoms with Gasteiger partial charge in [-0.3, -0.25) is 14.5 Å². The quantitative estimate of drug-likeness (QED) is 0.378. The van der Waals surface area contributed by atoms with Crippen molar-refractivity contribution in [2.75, 3.05) is 32.2 Å².